The summed E-state index contributed by atoms with van der Waals surface area (Å²) >= 11 is 1.18. The Balaban J connectivity index is 1.84. The van der Waals surface area contributed by atoms with E-state index in [1.165, 1.54) is 11.8 Å². The van der Waals surface area contributed by atoms with Gasteiger partial charge in [0, 0.05) is 0 Å². The molecule has 0 amide bonds. The van der Waals surface area contributed by atoms with Crippen LogP contribution in [0.4, 0.5) is 0 Å². The lowest BCUT2D eigenvalue weighted by molar-refractivity contribution is 0.207. The Morgan fingerprint density at radius 3 is 2.78 bits per heavy atom. The van der Waals surface area contributed by atoms with Crippen LogP contribution in [0.1, 0.15) is 0 Å². The lowest BCUT2D eigenvalue weighted by atomic mass is 10.3. The van der Waals surface area contributed by atoms with E-state index >= 15 is 0 Å². The fraction of sp³-hybridized carbons (Fsp3) is 0.364. The molecule has 3 rings (SSSR count). The van der Waals surface area contributed by atoms with Gasteiger partial charge < -0.3 is 9.52 Å². The minimum atomic E-state index is -3.14. The number of aliphatic hydroxyl groups is 1. The van der Waals surface area contributed by atoms with Crippen molar-refractivity contribution < 1.29 is 17.9 Å². The molecule has 0 radical (unpaired) electrons. The second-order valence-corrected chi connectivity index (χ2v) is 7.59. The van der Waals surface area contributed by atoms with Crippen LogP contribution in [0.5, 0.6) is 0 Å². The Labute approximate surface area is 108 Å². The molecular formula is C11H11NO4S2. The van der Waals surface area contributed by atoms with Crippen LogP contribution in [0.3, 0.4) is 0 Å². The van der Waals surface area contributed by atoms with Gasteiger partial charge in [0.1, 0.15) is 5.52 Å². The minimum absolute atomic E-state index is 0.0302. The maximum absolute atomic E-state index is 11.4. The average Bonchev–Trinajstić information content (AvgIpc) is 2.79. The molecule has 2 atom stereocenters. The summed E-state index contributed by atoms with van der Waals surface area (Å²) in [7, 11) is -3.14. The molecule has 1 aliphatic rings. The number of para-hydroxylation sites is 2. The summed E-state index contributed by atoms with van der Waals surface area (Å²) in [5.41, 5.74) is 1.39. The summed E-state index contributed by atoms with van der Waals surface area (Å²) < 4.78 is 28.3. The normalized spacial score (nSPS) is 26.7. The fourth-order valence-electron chi connectivity index (χ4n) is 1.94. The lowest BCUT2D eigenvalue weighted by Gasteiger charge is -2.08. The third-order valence-electron chi connectivity index (χ3n) is 2.80. The van der Waals surface area contributed by atoms with Gasteiger partial charge in [0.05, 0.1) is 22.9 Å². The molecule has 2 unspecified atom stereocenters. The van der Waals surface area contributed by atoms with Crippen LogP contribution in [0.2, 0.25) is 0 Å². The molecular weight excluding hydrogens is 274 g/mol. The summed E-state index contributed by atoms with van der Waals surface area (Å²) in [5, 5.41) is 9.69. The molecule has 2 aromatic rings. The summed E-state index contributed by atoms with van der Waals surface area (Å²) in [5.74, 6) is -0.206. The van der Waals surface area contributed by atoms with Crippen molar-refractivity contribution >= 4 is 32.7 Å². The highest BCUT2D eigenvalue weighted by molar-refractivity contribution is 8.01. The number of rotatable bonds is 2. The largest absolute Gasteiger partial charge is 0.431 e. The second kappa shape index (κ2) is 4.25. The highest BCUT2D eigenvalue weighted by Crippen LogP contribution is 2.32. The molecule has 96 valence electrons. The third-order valence-corrected chi connectivity index (χ3v) is 5.89. The molecule has 0 spiro atoms. The number of aromatic nitrogens is 1. The molecule has 1 aromatic heterocycles. The number of aliphatic hydroxyl groups excluding tert-OH is 1. The SMILES string of the molecule is O=S1(=O)CC(O)C(Sc2nc3ccccc3o2)C1. The van der Waals surface area contributed by atoms with E-state index in [9.17, 15) is 13.5 Å². The van der Waals surface area contributed by atoms with Crippen LogP contribution < -0.4 is 0 Å². The van der Waals surface area contributed by atoms with Crippen LogP contribution in [0, 0.1) is 0 Å². The van der Waals surface area contributed by atoms with Crippen molar-refractivity contribution in [2.24, 2.45) is 0 Å². The molecule has 0 aliphatic carbocycles. The molecule has 0 bridgehead atoms. The zero-order chi connectivity index (χ0) is 12.8. The Morgan fingerprint density at radius 1 is 1.33 bits per heavy atom. The molecule has 1 aliphatic heterocycles. The van der Waals surface area contributed by atoms with E-state index < -0.39 is 21.2 Å². The number of oxazole rings is 1. The first kappa shape index (κ1) is 12.0. The van der Waals surface area contributed by atoms with Gasteiger partial charge in [-0.3, -0.25) is 0 Å². The number of hydrogen-bond donors (Lipinski definition) is 1. The van der Waals surface area contributed by atoms with E-state index in [4.69, 9.17) is 4.42 Å². The molecule has 2 heterocycles. The fourth-order valence-corrected chi connectivity index (χ4v) is 5.37. The van der Waals surface area contributed by atoms with Gasteiger partial charge in [-0.25, -0.2) is 13.4 Å². The molecule has 0 saturated carbocycles. The molecule has 7 heteroatoms. The lowest BCUT2D eigenvalue weighted by Crippen LogP contribution is -2.19. The van der Waals surface area contributed by atoms with E-state index in [0.717, 1.165) is 5.52 Å². The molecule has 1 saturated heterocycles. The first-order chi connectivity index (χ1) is 8.53. The van der Waals surface area contributed by atoms with Crippen molar-refractivity contribution in [3.05, 3.63) is 24.3 Å². The van der Waals surface area contributed by atoms with Crippen molar-refractivity contribution in [1.82, 2.24) is 4.98 Å². The minimum Gasteiger partial charge on any atom is -0.431 e. The first-order valence-electron chi connectivity index (χ1n) is 5.44. The van der Waals surface area contributed by atoms with Crippen molar-refractivity contribution in [1.29, 1.82) is 0 Å². The number of benzene rings is 1. The molecule has 5 nitrogen and oxygen atoms in total. The van der Waals surface area contributed by atoms with Crippen molar-refractivity contribution in [2.45, 2.75) is 16.6 Å². The topological polar surface area (TPSA) is 80.4 Å². The molecule has 1 aromatic carbocycles. The first-order valence-corrected chi connectivity index (χ1v) is 8.14. The van der Waals surface area contributed by atoms with Crippen molar-refractivity contribution in [3.8, 4) is 0 Å². The van der Waals surface area contributed by atoms with Crippen LogP contribution in [-0.4, -0.2) is 41.4 Å². The Morgan fingerprint density at radius 2 is 2.11 bits per heavy atom. The smallest absolute Gasteiger partial charge is 0.257 e. The van der Waals surface area contributed by atoms with Gasteiger partial charge in [-0.15, -0.1) is 0 Å². The summed E-state index contributed by atoms with van der Waals surface area (Å²) in [6, 6.07) is 7.32. The molecule has 18 heavy (non-hydrogen) atoms. The van der Waals surface area contributed by atoms with Crippen molar-refractivity contribution in [2.75, 3.05) is 11.5 Å². The quantitative estimate of drug-likeness (QED) is 0.889. The van der Waals surface area contributed by atoms with Gasteiger partial charge in [-0.2, -0.15) is 0 Å². The van der Waals surface area contributed by atoms with Crippen LogP contribution >= 0.6 is 11.8 Å². The zero-order valence-corrected chi connectivity index (χ0v) is 10.9. The van der Waals surface area contributed by atoms with Crippen molar-refractivity contribution in [3.63, 3.8) is 0 Å². The van der Waals surface area contributed by atoms with Crippen LogP contribution in [0.15, 0.2) is 33.9 Å². The maximum atomic E-state index is 11.4. The molecule has 1 fully saturated rings. The van der Waals surface area contributed by atoms with Gasteiger partial charge in [0.15, 0.2) is 15.4 Å². The number of hydrogen-bond acceptors (Lipinski definition) is 6. The second-order valence-electron chi connectivity index (χ2n) is 4.25. The summed E-state index contributed by atoms with van der Waals surface area (Å²) in [6.45, 7) is 0. The monoisotopic (exact) mass is 285 g/mol. The number of sulfone groups is 1. The van der Waals surface area contributed by atoms with E-state index in [0.29, 0.717) is 10.8 Å². The average molecular weight is 285 g/mol. The summed E-state index contributed by atoms with van der Waals surface area (Å²) in [4.78, 5) is 4.25. The van der Waals surface area contributed by atoms with Crippen LogP contribution in [-0.2, 0) is 9.84 Å². The highest BCUT2D eigenvalue weighted by atomic mass is 32.2. The predicted molar refractivity (Wildman–Crippen MR) is 68.3 cm³/mol. The van der Waals surface area contributed by atoms with E-state index in [1.807, 2.05) is 18.2 Å². The summed E-state index contributed by atoms with van der Waals surface area (Å²) in [6.07, 6.45) is -0.852. The highest BCUT2D eigenvalue weighted by Gasteiger charge is 2.38. The number of thioether (sulfide) groups is 1. The Kier molecular flexibility index (Phi) is 2.84. The zero-order valence-electron chi connectivity index (χ0n) is 9.31. The van der Waals surface area contributed by atoms with Gasteiger partial charge in [-0.1, -0.05) is 23.9 Å². The predicted octanol–water partition coefficient (Wildman–Crippen LogP) is 1.08. The third kappa shape index (κ3) is 2.25. The number of nitrogens with zero attached hydrogens (tertiary/aromatic N) is 1. The Hall–Kier alpha value is -1.05. The van der Waals surface area contributed by atoms with Crippen LogP contribution in [0.25, 0.3) is 11.1 Å². The van der Waals surface area contributed by atoms with E-state index in [-0.39, 0.29) is 11.5 Å². The van der Waals surface area contributed by atoms with E-state index in [2.05, 4.69) is 4.98 Å². The van der Waals surface area contributed by atoms with Gasteiger partial charge in [0.2, 0.25) is 0 Å². The number of fused-ring (bicyclic) bond motifs is 1. The van der Waals surface area contributed by atoms with Gasteiger partial charge in [0.25, 0.3) is 5.22 Å². The van der Waals surface area contributed by atoms with Gasteiger partial charge in [-0.05, 0) is 12.1 Å². The standard InChI is InChI=1S/C11H11NO4S2/c13-8-5-18(14,15)6-10(8)17-11-12-7-3-1-2-4-9(7)16-11/h1-4,8,10,13H,5-6H2. The maximum Gasteiger partial charge on any atom is 0.257 e. The van der Waals surface area contributed by atoms with E-state index in [1.54, 1.807) is 6.07 Å². The van der Waals surface area contributed by atoms with Gasteiger partial charge >= 0.3 is 0 Å². The Bertz CT molecular complexity index is 646. The molecule has 1 N–H and O–H groups in total.